The van der Waals surface area contributed by atoms with Crippen molar-refractivity contribution in [3.05, 3.63) is 0 Å². The van der Waals surface area contributed by atoms with Crippen LogP contribution in [0.3, 0.4) is 0 Å². The summed E-state index contributed by atoms with van der Waals surface area (Å²) in [6.45, 7) is 0. The molecule has 0 aromatic carbocycles. The molecule has 7 heavy (non-hydrogen) atoms. The van der Waals surface area contributed by atoms with Gasteiger partial charge in [0.1, 0.15) is 0 Å². The first-order chi connectivity index (χ1) is 0. The zero-order valence-corrected chi connectivity index (χ0v) is 7.49. The summed E-state index contributed by atoms with van der Waals surface area (Å²) in [7, 11) is 0. The predicted molar refractivity (Wildman–Crippen MR) is 46.1 cm³/mol. The smallest absolute Gasteiger partial charge is 0.147 e. The molecule has 0 saturated carbocycles. The van der Waals surface area contributed by atoms with E-state index in [1.54, 1.807) is 0 Å². The van der Waals surface area contributed by atoms with E-state index < -0.39 is 0 Å². The van der Waals surface area contributed by atoms with Gasteiger partial charge in [0.25, 0.3) is 0 Å². The Morgan fingerprint density at radius 1 is 0.429 bits per heavy atom. The Hall–Kier alpha value is 3.38. The maximum absolute atomic E-state index is 0. The van der Waals surface area contributed by atoms with Crippen LogP contribution in [0.15, 0.2) is 0 Å². The molecule has 0 rings (SSSR count). The van der Waals surface area contributed by atoms with E-state index in [0.717, 1.165) is 0 Å². The van der Waals surface area contributed by atoms with Crippen LogP contribution in [0.4, 0.5) is 0 Å². The Morgan fingerprint density at radius 2 is 0.429 bits per heavy atom. The average Bonchev–Trinajstić information content (AvgIpc) is 0. The number of rotatable bonds is 0. The van der Waals surface area contributed by atoms with Gasteiger partial charge in [-0.2, -0.15) is 0 Å². The zero-order valence-electron chi connectivity index (χ0n) is 1.95. The standard InChI is InChI=1S/4ClH.2Mg.Pt.4H/h4*1H;;;;;;;. The van der Waals surface area contributed by atoms with Gasteiger partial charge < -0.3 is 0 Å². The fourth-order valence-electron chi connectivity index (χ4n) is 0. The Kier molecular flexibility index (Phi) is 658. The van der Waals surface area contributed by atoms with Gasteiger partial charge in [-0.15, -0.1) is 49.6 Å². The van der Waals surface area contributed by atoms with Crippen LogP contribution in [0.25, 0.3) is 0 Å². The number of halogens is 4. The fourth-order valence-corrected chi connectivity index (χ4v) is 0. The van der Waals surface area contributed by atoms with Crippen molar-refractivity contribution < 1.29 is 21.1 Å². The first-order valence-corrected chi connectivity index (χ1v) is 0. The Morgan fingerprint density at radius 3 is 0.429 bits per heavy atom. The Labute approximate surface area is 115 Å². The quantitative estimate of drug-likeness (QED) is 0.503. The van der Waals surface area contributed by atoms with Gasteiger partial charge >= 0.3 is 46.1 Å². The summed E-state index contributed by atoms with van der Waals surface area (Å²) < 4.78 is 0. The summed E-state index contributed by atoms with van der Waals surface area (Å²) in [5, 5.41) is 0. The van der Waals surface area contributed by atoms with E-state index in [4.69, 9.17) is 0 Å². The fraction of sp³-hybridized carbons (Fsp3) is 0. The molecule has 0 heterocycles. The van der Waals surface area contributed by atoms with E-state index in [-0.39, 0.29) is 117 Å². The summed E-state index contributed by atoms with van der Waals surface area (Å²) in [5.74, 6) is 0. The molecule has 0 aromatic rings. The molecule has 0 atom stereocenters. The van der Waals surface area contributed by atoms with Crippen LogP contribution in [-0.4, -0.2) is 46.1 Å². The van der Waals surface area contributed by atoms with Gasteiger partial charge in [-0.1, -0.05) is 0 Å². The molecule has 7 heteroatoms. The molecule has 0 bridgehead atoms. The van der Waals surface area contributed by atoms with Crippen molar-refractivity contribution in [1.29, 1.82) is 0 Å². The van der Waals surface area contributed by atoms with E-state index in [9.17, 15) is 0 Å². The molecule has 0 aromatic heterocycles. The van der Waals surface area contributed by atoms with Crippen LogP contribution in [0.2, 0.25) is 0 Å². The van der Waals surface area contributed by atoms with Crippen molar-refractivity contribution in [3.8, 4) is 0 Å². The summed E-state index contributed by atoms with van der Waals surface area (Å²) in [6, 6.07) is 0. The first-order valence-electron chi connectivity index (χ1n) is 0. The number of hydrogen-bond donors (Lipinski definition) is 0. The van der Waals surface area contributed by atoms with Crippen molar-refractivity contribution >= 4 is 95.7 Å². The molecule has 0 aliphatic rings. The molecule has 0 unspecified atom stereocenters. The molecule has 0 radical (unpaired) electrons. The van der Waals surface area contributed by atoms with Gasteiger partial charge in [0.15, 0.2) is 0 Å². The topological polar surface area (TPSA) is 0 Å². The molecule has 0 saturated heterocycles. The maximum atomic E-state index is 0. The second kappa shape index (κ2) is 57.6. The third-order valence-corrected chi connectivity index (χ3v) is 0. The minimum absolute atomic E-state index is 0. The molecular formula is H8Cl4Mg2Pt. The summed E-state index contributed by atoms with van der Waals surface area (Å²) in [4.78, 5) is 0. The number of hydrogen-bond acceptors (Lipinski definition) is 0. The van der Waals surface area contributed by atoms with Gasteiger partial charge in [-0.25, -0.2) is 0 Å². The Bertz CT molecular complexity index is 9.65. The largest absolute Gasteiger partial charge is 0.316 e. The first kappa shape index (κ1) is 79.9. The minimum atomic E-state index is 0. The zero-order chi connectivity index (χ0) is 0. The van der Waals surface area contributed by atoms with Crippen molar-refractivity contribution in [2.45, 2.75) is 0 Å². The van der Waals surface area contributed by atoms with E-state index in [1.807, 2.05) is 0 Å². The summed E-state index contributed by atoms with van der Waals surface area (Å²) in [5.41, 5.74) is 0. The van der Waals surface area contributed by atoms with Crippen molar-refractivity contribution in [1.82, 2.24) is 0 Å². The predicted octanol–water partition coefficient (Wildman–Crippen LogP) is -0.148. The second-order valence-corrected chi connectivity index (χ2v) is 0. The van der Waals surface area contributed by atoms with Crippen LogP contribution in [0.1, 0.15) is 0 Å². The third-order valence-electron chi connectivity index (χ3n) is 0. The van der Waals surface area contributed by atoms with Crippen molar-refractivity contribution in [2.75, 3.05) is 0 Å². The van der Waals surface area contributed by atoms with E-state index in [2.05, 4.69) is 0 Å². The molecule has 50 valence electrons. The Balaban J connectivity index is 0. The van der Waals surface area contributed by atoms with E-state index >= 15 is 0 Å². The molecule has 0 N–H and O–H groups in total. The maximum Gasteiger partial charge on any atom is 0.316 e. The van der Waals surface area contributed by atoms with Crippen LogP contribution >= 0.6 is 49.6 Å². The SMILES string of the molecule is Cl.Cl.Cl.Cl.[MgH2].[MgH2].[Pt]. The molecule has 0 aliphatic carbocycles. The molecule has 0 spiro atoms. The molecule has 0 nitrogen and oxygen atoms in total. The minimum Gasteiger partial charge on any atom is -0.147 e. The van der Waals surface area contributed by atoms with Gasteiger partial charge in [-0.3, -0.25) is 0 Å². The molecule has 0 amide bonds. The van der Waals surface area contributed by atoms with Crippen molar-refractivity contribution in [3.63, 3.8) is 0 Å². The van der Waals surface area contributed by atoms with Crippen LogP contribution in [-0.2, 0) is 21.1 Å². The summed E-state index contributed by atoms with van der Waals surface area (Å²) in [6.07, 6.45) is 0. The molecule has 0 aliphatic heterocycles. The second-order valence-electron chi connectivity index (χ2n) is 0. The van der Waals surface area contributed by atoms with Crippen LogP contribution in [0, 0.1) is 0 Å². The van der Waals surface area contributed by atoms with Gasteiger partial charge in [-0.05, 0) is 0 Å². The van der Waals surface area contributed by atoms with E-state index in [0.29, 0.717) is 0 Å². The molecular weight excluding hydrogens is 386 g/mol. The normalized spacial score (nSPS) is 0. The summed E-state index contributed by atoms with van der Waals surface area (Å²) >= 11 is 0. The van der Waals surface area contributed by atoms with Crippen molar-refractivity contribution in [2.24, 2.45) is 0 Å². The van der Waals surface area contributed by atoms with E-state index in [1.165, 1.54) is 0 Å². The average molecular weight is 394 g/mol. The van der Waals surface area contributed by atoms with Gasteiger partial charge in [0.05, 0.1) is 0 Å². The van der Waals surface area contributed by atoms with Crippen LogP contribution in [0.5, 0.6) is 0 Å². The molecule has 0 fully saturated rings. The van der Waals surface area contributed by atoms with Crippen LogP contribution < -0.4 is 0 Å². The monoisotopic (exact) mass is 391 g/mol. The van der Waals surface area contributed by atoms with Gasteiger partial charge in [0.2, 0.25) is 0 Å². The van der Waals surface area contributed by atoms with Gasteiger partial charge in [0, 0.05) is 21.1 Å². The third kappa shape index (κ3) is 44.7.